The van der Waals surface area contributed by atoms with Crippen molar-refractivity contribution in [1.29, 1.82) is 0 Å². The Kier molecular flexibility index (Phi) is 2.90. The van der Waals surface area contributed by atoms with Gasteiger partial charge in [-0.3, -0.25) is 10.1 Å². The highest BCUT2D eigenvalue weighted by atomic mass is 35.5. The Labute approximate surface area is 95.8 Å². The summed E-state index contributed by atoms with van der Waals surface area (Å²) in [6.07, 6.45) is 1.56. The molecule has 2 rings (SSSR count). The van der Waals surface area contributed by atoms with Crippen molar-refractivity contribution < 1.29 is 9.90 Å². The maximum atomic E-state index is 10.7. The van der Waals surface area contributed by atoms with Gasteiger partial charge in [0.05, 0.1) is 6.20 Å². The van der Waals surface area contributed by atoms with Crippen LogP contribution in [-0.4, -0.2) is 32.4 Å². The smallest absolute Gasteiger partial charge is 0.321 e. The largest absolute Gasteiger partial charge is 0.480 e. The molecule has 0 radical (unpaired) electrons. The summed E-state index contributed by atoms with van der Waals surface area (Å²) < 4.78 is 1.75. The third kappa shape index (κ3) is 1.97. The number of rotatable bonds is 2. The lowest BCUT2D eigenvalue weighted by atomic mass is 10.3. The van der Waals surface area contributed by atoms with E-state index in [9.17, 15) is 4.79 Å². The fraction of sp³-hybridized carbons (Fsp3) is 0.500. The van der Waals surface area contributed by atoms with Gasteiger partial charge in [-0.15, -0.1) is 11.8 Å². The van der Waals surface area contributed by atoms with Gasteiger partial charge in [-0.25, -0.2) is 4.98 Å². The van der Waals surface area contributed by atoms with E-state index in [2.05, 4.69) is 10.3 Å². The van der Waals surface area contributed by atoms with E-state index < -0.39 is 12.0 Å². The van der Waals surface area contributed by atoms with E-state index in [0.29, 0.717) is 10.9 Å². The molecule has 2 N–H and O–H groups in total. The second kappa shape index (κ2) is 4.03. The number of halogens is 1. The summed E-state index contributed by atoms with van der Waals surface area (Å²) in [5, 5.41) is 12.3. The second-order valence-corrected chi connectivity index (χ2v) is 4.79. The summed E-state index contributed by atoms with van der Waals surface area (Å²) in [5.41, 5.74) is 0. The number of hydrogen-bond acceptors (Lipinski definition) is 4. The zero-order valence-corrected chi connectivity index (χ0v) is 9.55. The van der Waals surface area contributed by atoms with Crippen molar-refractivity contribution in [2.45, 2.75) is 11.4 Å². The molecule has 0 bridgehead atoms. The zero-order valence-electron chi connectivity index (χ0n) is 7.98. The Morgan fingerprint density at radius 1 is 1.87 bits per heavy atom. The summed E-state index contributed by atoms with van der Waals surface area (Å²) in [6, 6.07) is -0.504. The molecule has 2 heterocycles. The van der Waals surface area contributed by atoms with Crippen LogP contribution in [-0.2, 0) is 11.8 Å². The molecule has 0 aromatic carbocycles. The zero-order chi connectivity index (χ0) is 11.0. The summed E-state index contributed by atoms with van der Waals surface area (Å²) in [7, 11) is 1.81. The number of thioether (sulfide) groups is 1. The molecule has 1 aromatic rings. The summed E-state index contributed by atoms with van der Waals surface area (Å²) in [6.45, 7) is 0. The molecule has 2 atom stereocenters. The molecule has 82 valence electrons. The number of carboxylic acids is 1. The molecule has 5 nitrogen and oxygen atoms in total. The van der Waals surface area contributed by atoms with Crippen LogP contribution in [0, 0.1) is 0 Å². The monoisotopic (exact) mass is 247 g/mol. The van der Waals surface area contributed by atoms with Crippen LogP contribution >= 0.6 is 23.4 Å². The van der Waals surface area contributed by atoms with Crippen molar-refractivity contribution in [3.8, 4) is 0 Å². The molecule has 0 aliphatic carbocycles. The van der Waals surface area contributed by atoms with Gasteiger partial charge >= 0.3 is 5.97 Å². The minimum absolute atomic E-state index is 0.0939. The average molecular weight is 248 g/mol. The van der Waals surface area contributed by atoms with Crippen LogP contribution in [0.2, 0.25) is 5.15 Å². The quantitative estimate of drug-likeness (QED) is 0.812. The molecule has 1 saturated heterocycles. The number of aliphatic carboxylic acids is 1. The first-order valence-corrected chi connectivity index (χ1v) is 5.80. The molecule has 1 aromatic heterocycles. The molecule has 1 unspecified atom stereocenters. The van der Waals surface area contributed by atoms with Crippen molar-refractivity contribution in [2.24, 2.45) is 7.05 Å². The van der Waals surface area contributed by atoms with Crippen LogP contribution in [0.5, 0.6) is 0 Å². The predicted octanol–water partition coefficient (Wildman–Crippen LogP) is 0.862. The topological polar surface area (TPSA) is 67.2 Å². The molecule has 7 heteroatoms. The van der Waals surface area contributed by atoms with Crippen LogP contribution in [0.1, 0.15) is 11.2 Å². The number of carboxylic acid groups (broad SMARTS) is 1. The number of nitrogens with zero attached hydrogens (tertiary/aromatic N) is 2. The van der Waals surface area contributed by atoms with Gasteiger partial charge in [0, 0.05) is 12.8 Å². The van der Waals surface area contributed by atoms with E-state index in [1.807, 2.05) is 0 Å². The van der Waals surface area contributed by atoms with E-state index in [-0.39, 0.29) is 5.37 Å². The van der Waals surface area contributed by atoms with Crippen molar-refractivity contribution in [3.05, 3.63) is 17.2 Å². The first kappa shape index (κ1) is 10.8. The van der Waals surface area contributed by atoms with Gasteiger partial charge in [0.2, 0.25) is 0 Å². The van der Waals surface area contributed by atoms with Crippen molar-refractivity contribution in [1.82, 2.24) is 14.9 Å². The fourth-order valence-corrected chi connectivity index (χ4v) is 2.80. The Morgan fingerprint density at radius 2 is 2.60 bits per heavy atom. The standard InChI is InChI=1S/C8H10ClN3O2S/c1-12-5(9)2-10-6(12)7-11-4(3-15-7)8(13)14/h2,4,7,11H,3H2,1H3,(H,13,14)/t4-,7?/m0/s1. The SMILES string of the molecule is Cn1c(Cl)cnc1C1N[C@H](C(=O)O)CS1. The van der Waals surface area contributed by atoms with E-state index in [4.69, 9.17) is 16.7 Å². The maximum Gasteiger partial charge on any atom is 0.321 e. The van der Waals surface area contributed by atoms with E-state index >= 15 is 0 Å². The third-order valence-corrected chi connectivity index (χ3v) is 3.84. The van der Waals surface area contributed by atoms with Crippen LogP contribution < -0.4 is 5.32 Å². The van der Waals surface area contributed by atoms with Crippen LogP contribution in [0.25, 0.3) is 0 Å². The van der Waals surface area contributed by atoms with Gasteiger partial charge in [0.25, 0.3) is 0 Å². The summed E-state index contributed by atoms with van der Waals surface area (Å²) >= 11 is 7.38. The molecule has 0 amide bonds. The Hall–Kier alpha value is -0.720. The molecule has 15 heavy (non-hydrogen) atoms. The average Bonchev–Trinajstić information content (AvgIpc) is 2.76. The van der Waals surface area contributed by atoms with E-state index in [0.717, 1.165) is 5.82 Å². The number of carbonyl (C=O) groups is 1. The third-order valence-electron chi connectivity index (χ3n) is 2.28. The maximum absolute atomic E-state index is 10.7. The lowest BCUT2D eigenvalue weighted by molar-refractivity contribution is -0.138. The van der Waals surface area contributed by atoms with Crippen LogP contribution in [0.3, 0.4) is 0 Å². The minimum Gasteiger partial charge on any atom is -0.480 e. The Morgan fingerprint density at radius 3 is 3.07 bits per heavy atom. The summed E-state index contributed by atoms with van der Waals surface area (Å²) in [4.78, 5) is 14.9. The fourth-order valence-electron chi connectivity index (χ4n) is 1.41. The van der Waals surface area contributed by atoms with Crippen molar-refractivity contribution in [2.75, 3.05) is 5.75 Å². The van der Waals surface area contributed by atoms with Gasteiger partial charge in [-0.2, -0.15) is 0 Å². The summed E-state index contributed by atoms with van der Waals surface area (Å²) in [5.74, 6) is 0.476. The Balaban J connectivity index is 2.14. The minimum atomic E-state index is -0.828. The highest BCUT2D eigenvalue weighted by molar-refractivity contribution is 7.99. The first-order chi connectivity index (χ1) is 7.09. The molecule has 1 fully saturated rings. The first-order valence-electron chi connectivity index (χ1n) is 4.37. The number of aromatic nitrogens is 2. The van der Waals surface area contributed by atoms with E-state index in [1.165, 1.54) is 11.8 Å². The predicted molar refractivity (Wildman–Crippen MR) is 58.0 cm³/mol. The molecule has 0 spiro atoms. The number of hydrogen-bond donors (Lipinski definition) is 2. The van der Waals surface area contributed by atoms with Gasteiger partial charge in [-0.05, 0) is 0 Å². The lowest BCUT2D eigenvalue weighted by Crippen LogP contribution is -2.34. The second-order valence-electron chi connectivity index (χ2n) is 3.27. The highest BCUT2D eigenvalue weighted by Gasteiger charge is 2.32. The van der Waals surface area contributed by atoms with Crippen LogP contribution in [0.15, 0.2) is 6.20 Å². The normalized spacial score (nSPS) is 25.7. The number of imidazole rings is 1. The van der Waals surface area contributed by atoms with Crippen molar-refractivity contribution >= 4 is 29.3 Å². The molecule has 1 aliphatic rings. The van der Waals surface area contributed by atoms with E-state index in [1.54, 1.807) is 17.8 Å². The van der Waals surface area contributed by atoms with Crippen molar-refractivity contribution in [3.63, 3.8) is 0 Å². The molecular formula is C8H10ClN3O2S. The van der Waals surface area contributed by atoms with Gasteiger partial charge in [0.1, 0.15) is 22.4 Å². The van der Waals surface area contributed by atoms with Gasteiger partial charge < -0.3 is 9.67 Å². The van der Waals surface area contributed by atoms with Crippen LogP contribution in [0.4, 0.5) is 0 Å². The molecule has 1 aliphatic heterocycles. The molecular weight excluding hydrogens is 238 g/mol. The lowest BCUT2D eigenvalue weighted by Gasteiger charge is -2.10. The Bertz CT molecular complexity index is 395. The van der Waals surface area contributed by atoms with Gasteiger partial charge in [-0.1, -0.05) is 11.6 Å². The van der Waals surface area contributed by atoms with Gasteiger partial charge in [0.15, 0.2) is 0 Å². The highest BCUT2D eigenvalue weighted by Crippen LogP contribution is 2.32. The number of nitrogens with one attached hydrogen (secondary N) is 1. The molecule has 0 saturated carbocycles.